The molecular formula is C21H32N2O4. The smallest absolute Gasteiger partial charge is 0.328 e. The van der Waals surface area contributed by atoms with Crippen LogP contribution in [0, 0.1) is 5.92 Å². The molecule has 2 amide bonds. The first-order valence-corrected chi connectivity index (χ1v) is 9.25. The van der Waals surface area contributed by atoms with Crippen LogP contribution in [0.15, 0.2) is 24.3 Å². The van der Waals surface area contributed by atoms with Crippen molar-refractivity contribution in [1.29, 1.82) is 0 Å². The molecule has 0 saturated heterocycles. The number of nitrogens with one attached hydrogen (secondary N) is 2. The lowest BCUT2D eigenvalue weighted by atomic mass is 9.86. The lowest BCUT2D eigenvalue weighted by Crippen LogP contribution is -2.51. The molecule has 0 aliphatic heterocycles. The number of methoxy groups -OCH3 is 1. The average molecular weight is 376 g/mol. The van der Waals surface area contributed by atoms with Crippen molar-refractivity contribution in [3.63, 3.8) is 0 Å². The highest BCUT2D eigenvalue weighted by molar-refractivity contribution is 5.98. The van der Waals surface area contributed by atoms with Crippen LogP contribution < -0.4 is 10.6 Å². The Morgan fingerprint density at radius 3 is 2.00 bits per heavy atom. The summed E-state index contributed by atoms with van der Waals surface area (Å²) in [5.74, 6) is -1.05. The van der Waals surface area contributed by atoms with Gasteiger partial charge < -0.3 is 15.4 Å². The molecule has 0 aliphatic rings. The Labute approximate surface area is 162 Å². The summed E-state index contributed by atoms with van der Waals surface area (Å²) in [5, 5.41) is 5.32. The van der Waals surface area contributed by atoms with Crippen LogP contribution in [0.2, 0.25) is 0 Å². The third-order valence-corrected chi connectivity index (χ3v) is 4.26. The molecule has 1 aromatic carbocycles. The van der Waals surface area contributed by atoms with E-state index in [1.165, 1.54) is 7.11 Å². The minimum atomic E-state index is -0.779. The number of hydrogen-bond donors (Lipinski definition) is 2. The fourth-order valence-corrected chi connectivity index (χ4v) is 2.59. The first-order chi connectivity index (χ1) is 12.5. The van der Waals surface area contributed by atoms with E-state index < -0.39 is 24.0 Å². The third kappa shape index (κ3) is 7.04. The van der Waals surface area contributed by atoms with Crippen LogP contribution in [0.25, 0.3) is 0 Å². The molecule has 2 N–H and O–H groups in total. The lowest BCUT2D eigenvalue weighted by molar-refractivity contribution is -0.145. The van der Waals surface area contributed by atoms with Gasteiger partial charge in [0.15, 0.2) is 0 Å². The van der Waals surface area contributed by atoms with Crippen LogP contribution in [-0.2, 0) is 19.7 Å². The molecule has 27 heavy (non-hydrogen) atoms. The fraction of sp³-hybridized carbons (Fsp3) is 0.571. The second-order valence-corrected chi connectivity index (χ2v) is 8.24. The van der Waals surface area contributed by atoms with Gasteiger partial charge in [0, 0.05) is 5.56 Å². The molecular weight excluding hydrogens is 344 g/mol. The SMILES string of the molecule is COC(=O)C(CC(C)C)NC(=O)C(C)NC(=O)c1ccc(C(C)(C)C)cc1. The largest absolute Gasteiger partial charge is 0.467 e. The topological polar surface area (TPSA) is 84.5 Å². The van der Waals surface area contributed by atoms with Crippen molar-refractivity contribution in [3.05, 3.63) is 35.4 Å². The van der Waals surface area contributed by atoms with E-state index in [2.05, 4.69) is 31.4 Å². The Balaban J connectivity index is 2.73. The Morgan fingerprint density at radius 2 is 1.56 bits per heavy atom. The van der Waals surface area contributed by atoms with E-state index >= 15 is 0 Å². The molecule has 0 bridgehead atoms. The summed E-state index contributed by atoms with van der Waals surface area (Å²) in [6.07, 6.45) is 0.466. The summed E-state index contributed by atoms with van der Waals surface area (Å²) in [7, 11) is 1.29. The Morgan fingerprint density at radius 1 is 1.00 bits per heavy atom. The van der Waals surface area contributed by atoms with Gasteiger partial charge in [-0.1, -0.05) is 46.8 Å². The van der Waals surface area contributed by atoms with Crippen molar-refractivity contribution in [2.75, 3.05) is 7.11 Å². The number of benzene rings is 1. The van der Waals surface area contributed by atoms with Crippen molar-refractivity contribution >= 4 is 17.8 Å². The fourth-order valence-electron chi connectivity index (χ4n) is 2.59. The Bertz CT molecular complexity index is 660. The van der Waals surface area contributed by atoms with E-state index in [0.717, 1.165) is 5.56 Å². The molecule has 6 heteroatoms. The molecule has 6 nitrogen and oxygen atoms in total. The maximum atomic E-state index is 12.4. The maximum Gasteiger partial charge on any atom is 0.328 e. The van der Waals surface area contributed by atoms with Gasteiger partial charge in [0.05, 0.1) is 7.11 Å². The molecule has 150 valence electrons. The molecule has 2 unspecified atom stereocenters. The van der Waals surface area contributed by atoms with Crippen LogP contribution in [-0.4, -0.2) is 37.0 Å². The molecule has 0 fully saturated rings. The number of carbonyl (C=O) groups excluding carboxylic acids is 3. The van der Waals surface area contributed by atoms with Gasteiger partial charge >= 0.3 is 5.97 Å². The van der Waals surface area contributed by atoms with Gasteiger partial charge in [0.1, 0.15) is 12.1 Å². The molecule has 0 saturated carbocycles. The second-order valence-electron chi connectivity index (χ2n) is 8.24. The van der Waals surface area contributed by atoms with Gasteiger partial charge in [0.25, 0.3) is 5.91 Å². The third-order valence-electron chi connectivity index (χ3n) is 4.26. The molecule has 0 aliphatic carbocycles. The summed E-state index contributed by atoms with van der Waals surface area (Å²) in [5.41, 5.74) is 1.61. The minimum absolute atomic E-state index is 0.00149. The minimum Gasteiger partial charge on any atom is -0.467 e. The summed E-state index contributed by atoms with van der Waals surface area (Å²) in [4.78, 5) is 36.6. The first kappa shape index (κ1) is 22.7. The highest BCUT2D eigenvalue weighted by Crippen LogP contribution is 2.22. The zero-order valence-corrected chi connectivity index (χ0v) is 17.4. The van der Waals surface area contributed by atoms with Gasteiger partial charge in [-0.15, -0.1) is 0 Å². The number of amides is 2. The average Bonchev–Trinajstić information content (AvgIpc) is 2.59. The van der Waals surface area contributed by atoms with E-state index in [0.29, 0.717) is 12.0 Å². The molecule has 1 rings (SSSR count). The van der Waals surface area contributed by atoms with E-state index in [-0.39, 0.29) is 17.2 Å². The standard InChI is InChI=1S/C21H32N2O4/c1-13(2)12-17(20(26)27-7)23-18(24)14(3)22-19(25)15-8-10-16(11-9-15)21(4,5)6/h8-11,13-14,17H,12H2,1-7H3,(H,22,25)(H,23,24). The summed E-state index contributed by atoms with van der Waals surface area (Å²) >= 11 is 0. The van der Waals surface area contributed by atoms with Gasteiger partial charge in [-0.3, -0.25) is 9.59 Å². The van der Waals surface area contributed by atoms with Crippen LogP contribution >= 0.6 is 0 Å². The Kier molecular flexibility index (Phi) is 8.00. The molecule has 0 radical (unpaired) electrons. The van der Waals surface area contributed by atoms with Gasteiger partial charge in [-0.05, 0) is 42.4 Å². The van der Waals surface area contributed by atoms with E-state index in [4.69, 9.17) is 4.74 Å². The highest BCUT2D eigenvalue weighted by Gasteiger charge is 2.26. The van der Waals surface area contributed by atoms with Crippen molar-refractivity contribution in [3.8, 4) is 0 Å². The second kappa shape index (κ2) is 9.53. The predicted octanol–water partition coefficient (Wildman–Crippen LogP) is 2.81. The highest BCUT2D eigenvalue weighted by atomic mass is 16.5. The predicted molar refractivity (Wildman–Crippen MR) is 105 cm³/mol. The van der Waals surface area contributed by atoms with E-state index in [1.54, 1.807) is 19.1 Å². The normalized spacial score (nSPS) is 13.6. The van der Waals surface area contributed by atoms with Gasteiger partial charge in [0.2, 0.25) is 5.91 Å². The lowest BCUT2D eigenvalue weighted by Gasteiger charge is -2.21. The zero-order valence-electron chi connectivity index (χ0n) is 17.4. The quantitative estimate of drug-likeness (QED) is 0.717. The van der Waals surface area contributed by atoms with E-state index in [1.807, 2.05) is 26.0 Å². The van der Waals surface area contributed by atoms with Crippen molar-refractivity contribution in [1.82, 2.24) is 10.6 Å². The Hall–Kier alpha value is -2.37. The summed E-state index contributed by atoms with van der Waals surface area (Å²) < 4.78 is 4.74. The molecule has 0 aromatic heterocycles. The number of carbonyl (C=O) groups is 3. The van der Waals surface area contributed by atoms with Crippen LogP contribution in [0.5, 0.6) is 0 Å². The van der Waals surface area contributed by atoms with Crippen molar-refractivity contribution < 1.29 is 19.1 Å². The monoisotopic (exact) mass is 376 g/mol. The number of ether oxygens (including phenoxy) is 1. The zero-order chi connectivity index (χ0) is 20.8. The summed E-state index contributed by atoms with van der Waals surface area (Å²) in [6, 6.07) is 5.81. The van der Waals surface area contributed by atoms with Crippen molar-refractivity contribution in [2.45, 2.75) is 65.5 Å². The van der Waals surface area contributed by atoms with Crippen LogP contribution in [0.1, 0.15) is 63.9 Å². The number of esters is 1. The van der Waals surface area contributed by atoms with Gasteiger partial charge in [-0.2, -0.15) is 0 Å². The number of hydrogen-bond acceptors (Lipinski definition) is 4. The van der Waals surface area contributed by atoms with E-state index in [9.17, 15) is 14.4 Å². The maximum absolute atomic E-state index is 12.4. The number of rotatable bonds is 7. The molecule has 0 spiro atoms. The molecule has 0 heterocycles. The molecule has 1 aromatic rings. The summed E-state index contributed by atoms with van der Waals surface area (Å²) in [6.45, 7) is 11.8. The van der Waals surface area contributed by atoms with Crippen LogP contribution in [0.3, 0.4) is 0 Å². The first-order valence-electron chi connectivity index (χ1n) is 9.25. The van der Waals surface area contributed by atoms with Crippen molar-refractivity contribution in [2.24, 2.45) is 5.92 Å². The van der Waals surface area contributed by atoms with Crippen LogP contribution in [0.4, 0.5) is 0 Å². The molecule has 2 atom stereocenters. The van der Waals surface area contributed by atoms with Gasteiger partial charge in [-0.25, -0.2) is 4.79 Å².